The molecule has 1 aromatic rings. The number of ether oxygens (including phenoxy) is 1. The summed E-state index contributed by atoms with van der Waals surface area (Å²) in [7, 11) is 0. The van der Waals surface area contributed by atoms with E-state index in [1.165, 1.54) is 32.1 Å². The van der Waals surface area contributed by atoms with Crippen LogP contribution in [0, 0.1) is 11.8 Å². The molecule has 6 nitrogen and oxygen atoms in total. The molecular formula is C25H34N2O4. The number of carbonyl (C=O) groups excluding carboxylic acids is 3. The molecule has 0 radical (unpaired) electrons. The van der Waals surface area contributed by atoms with E-state index in [0.29, 0.717) is 31.7 Å². The summed E-state index contributed by atoms with van der Waals surface area (Å²) in [6.07, 6.45) is 10.9. The molecule has 0 aromatic heterocycles. The summed E-state index contributed by atoms with van der Waals surface area (Å²) in [5.74, 6) is -0.419. The summed E-state index contributed by atoms with van der Waals surface area (Å²) in [5.41, 5.74) is 0.838. The number of hydrogen-bond donors (Lipinski definition) is 2. The zero-order chi connectivity index (χ0) is 21.9. The number of cyclic esters (lactones) is 1. The van der Waals surface area contributed by atoms with Crippen LogP contribution in [0.4, 0.5) is 0 Å². The van der Waals surface area contributed by atoms with Crippen LogP contribution in [-0.4, -0.2) is 30.9 Å². The highest BCUT2D eigenvalue weighted by atomic mass is 16.5. The van der Waals surface area contributed by atoms with Crippen LogP contribution in [0.15, 0.2) is 42.5 Å². The lowest BCUT2D eigenvalue weighted by molar-refractivity contribution is -0.150. The number of amides is 2. The van der Waals surface area contributed by atoms with Crippen LogP contribution < -0.4 is 10.6 Å². The highest BCUT2D eigenvalue weighted by molar-refractivity contribution is 5.86. The molecule has 1 heterocycles. The quantitative estimate of drug-likeness (QED) is 0.554. The molecule has 0 bridgehead atoms. The largest absolute Gasteiger partial charge is 0.456 e. The zero-order valence-corrected chi connectivity index (χ0v) is 18.2. The molecule has 2 amide bonds. The summed E-state index contributed by atoms with van der Waals surface area (Å²) in [5, 5.41) is 5.94. The fraction of sp³-hybridized carbons (Fsp3) is 0.560. The van der Waals surface area contributed by atoms with Gasteiger partial charge in [-0.1, -0.05) is 61.7 Å². The minimum Gasteiger partial charge on any atom is -0.456 e. The molecule has 1 saturated carbocycles. The summed E-state index contributed by atoms with van der Waals surface area (Å²) in [6.45, 7) is 0.896. The molecule has 0 saturated heterocycles. The van der Waals surface area contributed by atoms with E-state index in [2.05, 4.69) is 10.6 Å². The van der Waals surface area contributed by atoms with Crippen molar-refractivity contribution in [1.29, 1.82) is 0 Å². The molecule has 2 N–H and O–H groups in total. The highest BCUT2D eigenvalue weighted by Gasteiger charge is 2.24. The van der Waals surface area contributed by atoms with E-state index in [9.17, 15) is 14.4 Å². The van der Waals surface area contributed by atoms with Gasteiger partial charge in [0.2, 0.25) is 11.8 Å². The lowest BCUT2D eigenvalue weighted by atomic mass is 9.89. The summed E-state index contributed by atoms with van der Waals surface area (Å²) >= 11 is 0. The van der Waals surface area contributed by atoms with Gasteiger partial charge < -0.3 is 15.4 Å². The van der Waals surface area contributed by atoms with E-state index in [1.807, 2.05) is 42.5 Å². The van der Waals surface area contributed by atoms with Crippen molar-refractivity contribution in [1.82, 2.24) is 10.6 Å². The highest BCUT2D eigenvalue weighted by Crippen LogP contribution is 2.23. The van der Waals surface area contributed by atoms with Gasteiger partial charge in [0.05, 0.1) is 12.5 Å². The monoisotopic (exact) mass is 426 g/mol. The Morgan fingerprint density at radius 2 is 1.84 bits per heavy atom. The van der Waals surface area contributed by atoms with Crippen molar-refractivity contribution < 1.29 is 19.1 Å². The van der Waals surface area contributed by atoms with E-state index in [0.717, 1.165) is 5.56 Å². The van der Waals surface area contributed by atoms with Gasteiger partial charge in [0, 0.05) is 19.4 Å². The maximum atomic E-state index is 12.9. The molecule has 0 spiro atoms. The standard InChI is InChI=1S/C25H34N2O4/c28-23(26-17-19-10-4-1-5-11-19)16-21-14-8-3-9-15-24(29)31-22(18-27-25(21)30)20-12-6-2-7-13-20/h2-3,6-8,12-13,19,21-22H,1,4-5,9-11,14-18H2,(H,26,28)(H,27,30)/b8-3+/t21-,22+/m0/s1. The molecule has 6 heteroatoms. The number of carbonyl (C=O) groups is 3. The molecule has 1 aromatic carbocycles. The predicted octanol–water partition coefficient (Wildman–Crippen LogP) is 3.83. The first-order chi connectivity index (χ1) is 15.1. The van der Waals surface area contributed by atoms with Crippen LogP contribution in [0.25, 0.3) is 0 Å². The van der Waals surface area contributed by atoms with Gasteiger partial charge >= 0.3 is 5.97 Å². The maximum Gasteiger partial charge on any atom is 0.306 e. The number of hydrogen-bond acceptors (Lipinski definition) is 4. The zero-order valence-electron chi connectivity index (χ0n) is 18.2. The van der Waals surface area contributed by atoms with Crippen LogP contribution >= 0.6 is 0 Å². The van der Waals surface area contributed by atoms with Crippen molar-refractivity contribution in [3.8, 4) is 0 Å². The first kappa shape index (κ1) is 23.0. The van der Waals surface area contributed by atoms with Crippen molar-refractivity contribution in [2.45, 2.75) is 63.9 Å². The Balaban J connectivity index is 1.59. The van der Waals surface area contributed by atoms with Crippen LogP contribution in [0.2, 0.25) is 0 Å². The van der Waals surface area contributed by atoms with E-state index in [-0.39, 0.29) is 30.7 Å². The summed E-state index contributed by atoms with van der Waals surface area (Å²) < 4.78 is 5.61. The predicted molar refractivity (Wildman–Crippen MR) is 119 cm³/mol. The SMILES string of the molecule is O=C(C[C@@H]1C/C=C/CCC(=O)O[C@@H](c2ccccc2)CNC1=O)NCC1CCCCC1. The van der Waals surface area contributed by atoms with Crippen molar-refractivity contribution in [3.05, 3.63) is 48.0 Å². The van der Waals surface area contributed by atoms with Crippen molar-refractivity contribution in [3.63, 3.8) is 0 Å². The average Bonchev–Trinajstić information content (AvgIpc) is 2.79. The average molecular weight is 427 g/mol. The van der Waals surface area contributed by atoms with Crippen molar-refractivity contribution in [2.24, 2.45) is 11.8 Å². The topological polar surface area (TPSA) is 84.5 Å². The molecule has 2 atom stereocenters. The molecule has 1 aliphatic heterocycles. The van der Waals surface area contributed by atoms with Crippen molar-refractivity contribution in [2.75, 3.05) is 13.1 Å². The third-order valence-corrected chi connectivity index (χ3v) is 6.12. The summed E-state index contributed by atoms with van der Waals surface area (Å²) in [4.78, 5) is 37.5. The van der Waals surface area contributed by atoms with E-state index in [4.69, 9.17) is 4.74 Å². The minimum absolute atomic E-state index is 0.0720. The van der Waals surface area contributed by atoms with Gasteiger partial charge in [0.1, 0.15) is 6.10 Å². The van der Waals surface area contributed by atoms with Crippen LogP contribution in [0.1, 0.15) is 69.5 Å². The van der Waals surface area contributed by atoms with E-state index >= 15 is 0 Å². The second-order valence-electron chi connectivity index (χ2n) is 8.59. The van der Waals surface area contributed by atoms with Gasteiger partial charge in [-0.3, -0.25) is 14.4 Å². The summed E-state index contributed by atoms with van der Waals surface area (Å²) in [6, 6.07) is 9.41. The Morgan fingerprint density at radius 3 is 2.61 bits per heavy atom. The van der Waals surface area contributed by atoms with Crippen molar-refractivity contribution >= 4 is 17.8 Å². The molecule has 2 aliphatic rings. The van der Waals surface area contributed by atoms with E-state index in [1.54, 1.807) is 0 Å². The van der Waals surface area contributed by atoms with Crippen LogP contribution in [-0.2, 0) is 19.1 Å². The fourth-order valence-electron chi connectivity index (χ4n) is 4.26. The Bertz CT molecular complexity index is 756. The molecule has 1 fully saturated rings. The second kappa shape index (κ2) is 12.3. The number of nitrogens with one attached hydrogen (secondary N) is 2. The van der Waals surface area contributed by atoms with E-state index < -0.39 is 12.0 Å². The smallest absolute Gasteiger partial charge is 0.306 e. The van der Waals surface area contributed by atoms with Gasteiger partial charge in [-0.05, 0) is 37.2 Å². The van der Waals surface area contributed by atoms with Crippen LogP contribution in [0.5, 0.6) is 0 Å². The fourth-order valence-corrected chi connectivity index (χ4v) is 4.26. The second-order valence-corrected chi connectivity index (χ2v) is 8.59. The number of benzene rings is 1. The number of esters is 1. The van der Waals surface area contributed by atoms with Gasteiger partial charge in [0.25, 0.3) is 0 Å². The molecule has 31 heavy (non-hydrogen) atoms. The minimum atomic E-state index is -0.540. The first-order valence-electron chi connectivity index (χ1n) is 11.6. The first-order valence-corrected chi connectivity index (χ1v) is 11.6. The van der Waals surface area contributed by atoms with Gasteiger partial charge in [-0.2, -0.15) is 0 Å². The maximum absolute atomic E-state index is 12.9. The normalized spacial score (nSPS) is 24.8. The van der Waals surface area contributed by atoms with Gasteiger partial charge in [0.15, 0.2) is 0 Å². The third-order valence-electron chi connectivity index (χ3n) is 6.12. The number of allylic oxidation sites excluding steroid dienone is 2. The molecule has 168 valence electrons. The third kappa shape index (κ3) is 7.85. The lowest BCUT2D eigenvalue weighted by Crippen LogP contribution is -2.38. The Labute approximate surface area is 184 Å². The molecular weight excluding hydrogens is 392 g/mol. The van der Waals surface area contributed by atoms with Gasteiger partial charge in [-0.15, -0.1) is 0 Å². The Hall–Kier alpha value is -2.63. The lowest BCUT2D eigenvalue weighted by Gasteiger charge is -2.23. The van der Waals surface area contributed by atoms with Crippen LogP contribution in [0.3, 0.4) is 0 Å². The Morgan fingerprint density at radius 1 is 1.06 bits per heavy atom. The Kier molecular flexibility index (Phi) is 9.13. The molecule has 3 rings (SSSR count). The molecule has 0 unspecified atom stereocenters. The molecule has 1 aliphatic carbocycles. The van der Waals surface area contributed by atoms with Gasteiger partial charge in [-0.25, -0.2) is 0 Å². The number of rotatable bonds is 5.